The van der Waals surface area contributed by atoms with Gasteiger partial charge in [0.1, 0.15) is 0 Å². The third-order valence-corrected chi connectivity index (χ3v) is 2.63. The molecule has 0 bridgehead atoms. The monoisotopic (exact) mass is 197 g/mol. The molecule has 0 saturated carbocycles. The zero-order chi connectivity index (χ0) is 10.8. The van der Waals surface area contributed by atoms with Gasteiger partial charge in [0.05, 0.1) is 0 Å². The van der Waals surface area contributed by atoms with Gasteiger partial charge in [-0.2, -0.15) is 0 Å². The first-order valence-electron chi connectivity index (χ1n) is 5.10. The lowest BCUT2D eigenvalue weighted by atomic mass is 10.0. The Hall–Kier alpha value is -1.76. The molecule has 0 radical (unpaired) electrons. The first-order valence-corrected chi connectivity index (χ1v) is 5.10. The summed E-state index contributed by atoms with van der Waals surface area (Å²) in [6, 6.07) is 14.7. The molecular weight excluding hydrogens is 182 g/mol. The molecule has 0 unspecified atom stereocenters. The predicted molar refractivity (Wildman–Crippen MR) is 65.8 cm³/mol. The first kappa shape index (κ1) is 9.78. The van der Waals surface area contributed by atoms with E-state index in [1.165, 1.54) is 16.7 Å². The lowest BCUT2D eigenvalue weighted by Crippen LogP contribution is -1.89. The number of nitrogens with two attached hydrogens (primary N) is 1. The Morgan fingerprint density at radius 2 is 1.60 bits per heavy atom. The van der Waals surface area contributed by atoms with E-state index in [4.69, 9.17) is 5.73 Å². The van der Waals surface area contributed by atoms with Crippen LogP contribution in [0.15, 0.2) is 42.5 Å². The van der Waals surface area contributed by atoms with Crippen molar-refractivity contribution in [2.75, 3.05) is 5.73 Å². The van der Waals surface area contributed by atoms with Crippen LogP contribution in [0.4, 0.5) is 5.69 Å². The summed E-state index contributed by atoms with van der Waals surface area (Å²) in [5.74, 6) is 0. The summed E-state index contributed by atoms with van der Waals surface area (Å²) in [4.78, 5) is 0. The summed E-state index contributed by atoms with van der Waals surface area (Å²) in [6.07, 6.45) is 0. The molecule has 15 heavy (non-hydrogen) atoms. The summed E-state index contributed by atoms with van der Waals surface area (Å²) < 4.78 is 0. The van der Waals surface area contributed by atoms with Crippen molar-refractivity contribution in [1.82, 2.24) is 0 Å². The quantitative estimate of drug-likeness (QED) is 0.695. The number of rotatable bonds is 1. The fraction of sp³-hybridized carbons (Fsp3) is 0.143. The van der Waals surface area contributed by atoms with Gasteiger partial charge in [0.25, 0.3) is 0 Å². The van der Waals surface area contributed by atoms with Gasteiger partial charge in [0, 0.05) is 5.69 Å². The third kappa shape index (κ3) is 2.01. The van der Waals surface area contributed by atoms with Crippen molar-refractivity contribution in [3.8, 4) is 11.1 Å². The van der Waals surface area contributed by atoms with Gasteiger partial charge in [0.15, 0.2) is 0 Å². The topological polar surface area (TPSA) is 26.0 Å². The standard InChI is InChI=1S/C14H15N/c1-10-4-3-5-12(8-10)13-7-6-11(2)14(15)9-13/h3-9H,15H2,1-2H3. The highest BCUT2D eigenvalue weighted by molar-refractivity contribution is 5.69. The van der Waals surface area contributed by atoms with Crippen LogP contribution < -0.4 is 5.73 Å². The highest BCUT2D eigenvalue weighted by Crippen LogP contribution is 2.24. The molecule has 2 rings (SSSR count). The minimum absolute atomic E-state index is 0.856. The maximum atomic E-state index is 5.90. The van der Waals surface area contributed by atoms with Gasteiger partial charge < -0.3 is 5.73 Å². The molecule has 0 amide bonds. The van der Waals surface area contributed by atoms with Gasteiger partial charge in [0.2, 0.25) is 0 Å². The Bertz CT molecular complexity index is 486. The second-order valence-corrected chi connectivity index (χ2v) is 3.94. The van der Waals surface area contributed by atoms with E-state index in [0.717, 1.165) is 11.3 Å². The van der Waals surface area contributed by atoms with Gasteiger partial charge in [-0.05, 0) is 36.6 Å². The Morgan fingerprint density at radius 1 is 0.867 bits per heavy atom. The molecule has 2 aromatic rings. The van der Waals surface area contributed by atoms with Crippen molar-refractivity contribution in [3.05, 3.63) is 53.6 Å². The summed E-state index contributed by atoms with van der Waals surface area (Å²) in [6.45, 7) is 4.12. The lowest BCUT2D eigenvalue weighted by Gasteiger charge is -2.06. The molecule has 0 aromatic heterocycles. The van der Waals surface area contributed by atoms with Crippen LogP contribution in [0.25, 0.3) is 11.1 Å². The smallest absolute Gasteiger partial charge is 0.0349 e. The van der Waals surface area contributed by atoms with Crippen molar-refractivity contribution in [2.24, 2.45) is 0 Å². The Balaban J connectivity index is 2.50. The van der Waals surface area contributed by atoms with Crippen LogP contribution >= 0.6 is 0 Å². The number of nitrogen functional groups attached to an aromatic ring is 1. The third-order valence-electron chi connectivity index (χ3n) is 2.63. The van der Waals surface area contributed by atoms with Crippen molar-refractivity contribution < 1.29 is 0 Å². The normalized spacial score (nSPS) is 10.3. The van der Waals surface area contributed by atoms with E-state index >= 15 is 0 Å². The molecule has 0 aliphatic rings. The summed E-state index contributed by atoms with van der Waals surface area (Å²) >= 11 is 0. The molecule has 0 fully saturated rings. The number of hydrogen-bond acceptors (Lipinski definition) is 1. The van der Waals surface area contributed by atoms with Crippen molar-refractivity contribution in [2.45, 2.75) is 13.8 Å². The fourth-order valence-corrected chi connectivity index (χ4v) is 1.64. The molecular formula is C14H15N. The first-order chi connectivity index (χ1) is 7.16. The minimum atomic E-state index is 0.856. The van der Waals surface area contributed by atoms with E-state index in [1.54, 1.807) is 0 Å². The van der Waals surface area contributed by atoms with Crippen LogP contribution in [0, 0.1) is 13.8 Å². The van der Waals surface area contributed by atoms with E-state index in [-0.39, 0.29) is 0 Å². The van der Waals surface area contributed by atoms with Crippen LogP contribution in [0.1, 0.15) is 11.1 Å². The summed E-state index contributed by atoms with van der Waals surface area (Å²) in [5, 5.41) is 0. The molecule has 2 aromatic carbocycles. The second-order valence-electron chi connectivity index (χ2n) is 3.94. The Labute approximate surface area is 90.6 Å². The maximum absolute atomic E-state index is 5.90. The highest BCUT2D eigenvalue weighted by Gasteiger charge is 1.99. The maximum Gasteiger partial charge on any atom is 0.0349 e. The van der Waals surface area contributed by atoms with Crippen LogP contribution in [0.5, 0.6) is 0 Å². The fourth-order valence-electron chi connectivity index (χ4n) is 1.64. The van der Waals surface area contributed by atoms with Crippen molar-refractivity contribution >= 4 is 5.69 Å². The number of anilines is 1. The van der Waals surface area contributed by atoms with Crippen LogP contribution in [0.2, 0.25) is 0 Å². The highest BCUT2D eigenvalue weighted by atomic mass is 14.5. The molecule has 2 N–H and O–H groups in total. The Kier molecular flexibility index (Phi) is 2.46. The lowest BCUT2D eigenvalue weighted by molar-refractivity contribution is 1.44. The van der Waals surface area contributed by atoms with Gasteiger partial charge in [-0.3, -0.25) is 0 Å². The van der Waals surface area contributed by atoms with E-state index < -0.39 is 0 Å². The number of aryl methyl sites for hydroxylation is 2. The molecule has 0 saturated heterocycles. The zero-order valence-corrected chi connectivity index (χ0v) is 9.12. The van der Waals surface area contributed by atoms with E-state index in [2.05, 4.69) is 43.3 Å². The molecule has 0 aliphatic carbocycles. The van der Waals surface area contributed by atoms with Crippen molar-refractivity contribution in [3.63, 3.8) is 0 Å². The van der Waals surface area contributed by atoms with Crippen LogP contribution in [-0.4, -0.2) is 0 Å². The SMILES string of the molecule is Cc1cccc(-c2ccc(C)c(N)c2)c1. The summed E-state index contributed by atoms with van der Waals surface area (Å²) in [7, 11) is 0. The average Bonchev–Trinajstić information content (AvgIpc) is 2.22. The molecule has 76 valence electrons. The van der Waals surface area contributed by atoms with Gasteiger partial charge in [-0.25, -0.2) is 0 Å². The number of hydrogen-bond donors (Lipinski definition) is 1. The summed E-state index contributed by atoms with van der Waals surface area (Å²) in [5.41, 5.74) is 11.6. The van der Waals surface area contributed by atoms with E-state index in [0.29, 0.717) is 0 Å². The van der Waals surface area contributed by atoms with E-state index in [9.17, 15) is 0 Å². The molecule has 1 nitrogen and oxygen atoms in total. The van der Waals surface area contributed by atoms with E-state index in [1.807, 2.05) is 13.0 Å². The molecule has 0 spiro atoms. The Morgan fingerprint density at radius 3 is 2.27 bits per heavy atom. The largest absolute Gasteiger partial charge is 0.398 e. The molecule has 0 heterocycles. The van der Waals surface area contributed by atoms with Gasteiger partial charge >= 0.3 is 0 Å². The molecule has 0 aliphatic heterocycles. The van der Waals surface area contributed by atoms with Gasteiger partial charge in [-0.1, -0.05) is 42.0 Å². The molecule has 1 heteroatoms. The molecule has 0 atom stereocenters. The number of benzene rings is 2. The minimum Gasteiger partial charge on any atom is -0.398 e. The second kappa shape index (κ2) is 3.77. The predicted octanol–water partition coefficient (Wildman–Crippen LogP) is 3.55. The van der Waals surface area contributed by atoms with Crippen LogP contribution in [0.3, 0.4) is 0 Å². The average molecular weight is 197 g/mol. The van der Waals surface area contributed by atoms with Crippen LogP contribution in [-0.2, 0) is 0 Å². The zero-order valence-electron chi connectivity index (χ0n) is 9.12. The van der Waals surface area contributed by atoms with Gasteiger partial charge in [-0.15, -0.1) is 0 Å². The van der Waals surface area contributed by atoms with Crippen molar-refractivity contribution in [1.29, 1.82) is 0 Å².